The topological polar surface area (TPSA) is 69.6 Å². The number of aliphatic carboxylic acids is 1. The number of nitrogens with one attached hydrogen (secondary N) is 1. The maximum absolute atomic E-state index is 12.8. The second kappa shape index (κ2) is 7.65. The maximum atomic E-state index is 12.8. The number of hydrogen-bond acceptors (Lipinski definition) is 2. The highest BCUT2D eigenvalue weighted by atomic mass is 19.4. The molecular formula is C16H16F6N2O3. The maximum Gasteiger partial charge on any atom is 0.416 e. The van der Waals surface area contributed by atoms with Gasteiger partial charge in [0, 0.05) is 13.1 Å². The summed E-state index contributed by atoms with van der Waals surface area (Å²) in [5.41, 5.74) is -1.16. The number of nitrogens with zero attached hydrogens (tertiary/aromatic N) is 1. The van der Waals surface area contributed by atoms with Crippen molar-refractivity contribution in [3.63, 3.8) is 0 Å². The molecule has 2 amide bonds. The molecule has 5 nitrogen and oxygen atoms in total. The summed E-state index contributed by atoms with van der Waals surface area (Å²) >= 11 is 0. The van der Waals surface area contributed by atoms with Crippen molar-refractivity contribution in [1.29, 1.82) is 0 Å². The lowest BCUT2D eigenvalue weighted by Crippen LogP contribution is -2.42. The number of hydrogen-bond donors (Lipinski definition) is 2. The summed E-state index contributed by atoms with van der Waals surface area (Å²) in [5.74, 6) is -1.91. The van der Waals surface area contributed by atoms with Crippen LogP contribution in [0.5, 0.6) is 0 Å². The van der Waals surface area contributed by atoms with E-state index in [1.807, 2.05) is 0 Å². The Morgan fingerprint density at radius 1 is 1.15 bits per heavy atom. The van der Waals surface area contributed by atoms with Gasteiger partial charge in [0.05, 0.1) is 23.9 Å². The van der Waals surface area contributed by atoms with Crippen LogP contribution in [0.3, 0.4) is 0 Å². The second-order valence-corrected chi connectivity index (χ2v) is 6.21. The van der Waals surface area contributed by atoms with Crippen molar-refractivity contribution in [1.82, 2.24) is 10.2 Å². The molecule has 150 valence electrons. The van der Waals surface area contributed by atoms with E-state index in [1.165, 1.54) is 0 Å². The smallest absolute Gasteiger partial charge is 0.416 e. The van der Waals surface area contributed by atoms with E-state index >= 15 is 0 Å². The van der Waals surface area contributed by atoms with E-state index in [9.17, 15) is 35.9 Å². The van der Waals surface area contributed by atoms with Gasteiger partial charge in [0.2, 0.25) is 0 Å². The van der Waals surface area contributed by atoms with E-state index in [0.29, 0.717) is 12.1 Å². The Balaban J connectivity index is 2.15. The second-order valence-electron chi connectivity index (χ2n) is 6.21. The minimum atomic E-state index is -4.67. The van der Waals surface area contributed by atoms with Gasteiger partial charge in [-0.2, -0.15) is 26.3 Å². The van der Waals surface area contributed by atoms with Crippen molar-refractivity contribution in [3.8, 4) is 0 Å². The van der Waals surface area contributed by atoms with Crippen LogP contribution in [0, 0.1) is 5.92 Å². The van der Waals surface area contributed by atoms with Gasteiger partial charge in [-0.15, -0.1) is 0 Å². The number of halogens is 6. The predicted octanol–water partition coefficient (Wildman–Crippen LogP) is 3.82. The van der Waals surface area contributed by atoms with Gasteiger partial charge in [-0.05, 0) is 24.1 Å². The highest BCUT2D eigenvalue weighted by Crippen LogP contribution is 2.33. The van der Waals surface area contributed by atoms with Crippen LogP contribution in [-0.4, -0.2) is 41.3 Å². The van der Waals surface area contributed by atoms with Crippen LogP contribution in [0.1, 0.15) is 30.0 Å². The Bertz CT molecular complexity index is 687. The first-order chi connectivity index (χ1) is 12.4. The van der Waals surface area contributed by atoms with Crippen LogP contribution in [0.2, 0.25) is 0 Å². The van der Waals surface area contributed by atoms with Crippen molar-refractivity contribution >= 4 is 12.0 Å². The molecule has 0 bridgehead atoms. The molecule has 1 fully saturated rings. The molecule has 0 spiro atoms. The van der Waals surface area contributed by atoms with Gasteiger partial charge in [0.25, 0.3) is 0 Å². The van der Waals surface area contributed by atoms with E-state index in [1.54, 1.807) is 0 Å². The Morgan fingerprint density at radius 3 is 2.19 bits per heavy atom. The average molecular weight is 398 g/mol. The van der Waals surface area contributed by atoms with E-state index in [0.717, 1.165) is 17.0 Å². The number of benzene rings is 1. The number of carboxylic acids is 1. The van der Waals surface area contributed by atoms with Crippen LogP contribution >= 0.6 is 0 Å². The summed E-state index contributed by atoms with van der Waals surface area (Å²) in [5, 5.41) is 11.1. The van der Waals surface area contributed by atoms with Gasteiger partial charge < -0.3 is 15.3 Å². The first-order valence-electron chi connectivity index (χ1n) is 7.89. The zero-order valence-electron chi connectivity index (χ0n) is 13.8. The Morgan fingerprint density at radius 2 is 1.74 bits per heavy atom. The lowest BCUT2D eigenvalue weighted by atomic mass is 10.0. The number of urea groups is 1. The molecule has 2 unspecified atom stereocenters. The van der Waals surface area contributed by atoms with Crippen LogP contribution in [0.4, 0.5) is 31.1 Å². The van der Waals surface area contributed by atoms with Gasteiger partial charge in [-0.3, -0.25) is 4.79 Å². The summed E-state index contributed by atoms with van der Waals surface area (Å²) in [6, 6.07) is 0.548. The fraction of sp³-hybridized carbons (Fsp3) is 0.500. The highest BCUT2D eigenvalue weighted by molar-refractivity contribution is 5.77. The molecule has 0 radical (unpaired) electrons. The van der Waals surface area contributed by atoms with Gasteiger partial charge in [-0.25, -0.2) is 4.79 Å². The number of carbonyl (C=O) groups is 2. The number of carboxylic acid groups (broad SMARTS) is 1. The Hall–Kier alpha value is -2.46. The van der Waals surface area contributed by atoms with Gasteiger partial charge >= 0.3 is 24.4 Å². The fourth-order valence-corrected chi connectivity index (χ4v) is 2.77. The standard InChI is InChI=1S/C16H16F6N2O3/c17-15(18,19)7-12(9-1-3-11(4-2-9)16(20,21)22)23-14(27)24-6-5-10(8-24)13(25)26/h1-4,10,12H,5-8H2,(H,23,27)(H,25,26). The minimum absolute atomic E-state index is 0.0640. The van der Waals surface area contributed by atoms with Crippen LogP contribution in [-0.2, 0) is 11.0 Å². The molecular weight excluding hydrogens is 382 g/mol. The molecule has 2 atom stereocenters. The summed E-state index contributed by atoms with van der Waals surface area (Å²) < 4.78 is 76.3. The average Bonchev–Trinajstić information content (AvgIpc) is 3.02. The van der Waals surface area contributed by atoms with E-state index in [4.69, 9.17) is 5.11 Å². The monoisotopic (exact) mass is 398 g/mol. The molecule has 0 aromatic heterocycles. The zero-order chi connectivity index (χ0) is 20.4. The van der Waals surface area contributed by atoms with Crippen LogP contribution in [0.25, 0.3) is 0 Å². The third-order valence-electron chi connectivity index (χ3n) is 4.20. The normalized spacial score (nSPS) is 19.0. The first kappa shape index (κ1) is 20.8. The third kappa shape index (κ3) is 5.76. The molecule has 1 aromatic carbocycles. The number of carbonyl (C=O) groups excluding carboxylic acids is 1. The lowest BCUT2D eigenvalue weighted by Gasteiger charge is -2.25. The van der Waals surface area contributed by atoms with Crippen molar-refractivity contribution in [2.75, 3.05) is 13.1 Å². The van der Waals surface area contributed by atoms with Crippen molar-refractivity contribution in [2.24, 2.45) is 5.92 Å². The third-order valence-corrected chi connectivity index (χ3v) is 4.20. The molecule has 2 rings (SSSR count). The van der Waals surface area contributed by atoms with Crippen molar-refractivity contribution in [3.05, 3.63) is 35.4 Å². The SMILES string of the molecule is O=C(O)C1CCN(C(=O)NC(CC(F)(F)F)c2ccc(C(F)(F)F)cc2)C1. The number of rotatable bonds is 4. The van der Waals surface area contributed by atoms with E-state index < -0.39 is 48.3 Å². The quantitative estimate of drug-likeness (QED) is 0.758. The predicted molar refractivity (Wildman–Crippen MR) is 80.7 cm³/mol. The summed E-state index contributed by atoms with van der Waals surface area (Å²) in [4.78, 5) is 24.2. The molecule has 1 aliphatic heterocycles. The molecule has 0 saturated carbocycles. The van der Waals surface area contributed by atoms with Crippen molar-refractivity contribution < 1.29 is 41.0 Å². The molecule has 1 aromatic rings. The molecule has 1 saturated heterocycles. The van der Waals surface area contributed by atoms with Crippen LogP contribution < -0.4 is 5.32 Å². The number of likely N-dealkylation sites (tertiary alicyclic amines) is 1. The first-order valence-corrected chi connectivity index (χ1v) is 7.89. The summed E-state index contributed by atoms with van der Waals surface area (Å²) in [6.07, 6.45) is -10.6. The molecule has 0 aliphatic carbocycles. The molecule has 2 N–H and O–H groups in total. The Kier molecular flexibility index (Phi) is 5.91. The van der Waals surface area contributed by atoms with Gasteiger partial charge in [0.15, 0.2) is 0 Å². The summed E-state index contributed by atoms with van der Waals surface area (Å²) in [7, 11) is 0. The van der Waals surface area contributed by atoms with Gasteiger partial charge in [0.1, 0.15) is 0 Å². The number of amides is 2. The largest absolute Gasteiger partial charge is 0.481 e. The summed E-state index contributed by atoms with van der Waals surface area (Å²) in [6.45, 7) is -0.0819. The van der Waals surface area contributed by atoms with E-state index in [-0.39, 0.29) is 25.1 Å². The molecule has 1 aliphatic rings. The fourth-order valence-electron chi connectivity index (χ4n) is 2.77. The highest BCUT2D eigenvalue weighted by Gasteiger charge is 2.37. The molecule has 11 heteroatoms. The van der Waals surface area contributed by atoms with Crippen LogP contribution in [0.15, 0.2) is 24.3 Å². The minimum Gasteiger partial charge on any atom is -0.481 e. The molecule has 27 heavy (non-hydrogen) atoms. The molecule has 1 heterocycles. The number of alkyl halides is 6. The van der Waals surface area contributed by atoms with Crippen molar-refractivity contribution in [2.45, 2.75) is 31.2 Å². The van der Waals surface area contributed by atoms with E-state index in [2.05, 4.69) is 5.32 Å². The van der Waals surface area contributed by atoms with Gasteiger partial charge in [-0.1, -0.05) is 12.1 Å². The zero-order valence-corrected chi connectivity index (χ0v) is 13.8. The lowest BCUT2D eigenvalue weighted by molar-refractivity contribution is -0.141. The Labute approximate surface area is 149 Å².